The Bertz CT molecular complexity index is 1270. The number of benzene rings is 1. The lowest BCUT2D eigenvalue weighted by Crippen LogP contribution is -2.35. The molecule has 2 N–H and O–H groups in total. The third-order valence-electron chi connectivity index (χ3n) is 6.25. The van der Waals surface area contributed by atoms with Gasteiger partial charge in [0.1, 0.15) is 20.0 Å². The maximum absolute atomic E-state index is 9.88. The molecule has 1 aromatic carbocycles. The zero-order valence-electron chi connectivity index (χ0n) is 20.4. The maximum Gasteiger partial charge on any atom is 0.163 e. The summed E-state index contributed by atoms with van der Waals surface area (Å²) < 4.78 is 14.1. The van der Waals surface area contributed by atoms with E-state index in [2.05, 4.69) is 47.5 Å². The van der Waals surface area contributed by atoms with Gasteiger partial charge in [0.15, 0.2) is 11.4 Å². The Balaban J connectivity index is 1.43. The van der Waals surface area contributed by atoms with E-state index in [0.717, 1.165) is 34.7 Å². The molecule has 1 saturated carbocycles. The van der Waals surface area contributed by atoms with Crippen molar-refractivity contribution in [3.05, 3.63) is 48.2 Å². The average molecular weight is 477 g/mol. The van der Waals surface area contributed by atoms with Crippen LogP contribution in [0, 0.1) is 17.4 Å². The number of fused-ring (bicyclic) bond motifs is 2. The van der Waals surface area contributed by atoms with Crippen molar-refractivity contribution in [1.82, 2.24) is 14.6 Å². The van der Waals surface area contributed by atoms with Crippen LogP contribution in [0.25, 0.3) is 16.9 Å². The summed E-state index contributed by atoms with van der Waals surface area (Å²) in [6, 6.07) is 12.1. The molecule has 3 aromatic rings. The standard InChI is InChI=1S/C26H32N4O3Si/c1-26(2)32-24-19(16-31)14-21(25(24)33-26)28-22-9-11-27-23-15-20(29-30(22)23)18-8-6-7-17(13-18)10-12-34(3,4)5/h6-9,11,13,15,19,21,24-25,28,31H,14,16H2,1-5H3. The van der Waals surface area contributed by atoms with Crippen LogP contribution in [-0.2, 0) is 9.47 Å². The lowest BCUT2D eigenvalue weighted by Gasteiger charge is -2.24. The molecule has 4 unspecified atom stereocenters. The fourth-order valence-corrected chi connectivity index (χ4v) is 5.28. The summed E-state index contributed by atoms with van der Waals surface area (Å²) in [6.07, 6.45) is 2.29. The van der Waals surface area contributed by atoms with Crippen molar-refractivity contribution in [2.75, 3.05) is 11.9 Å². The number of hydrogen-bond acceptors (Lipinski definition) is 6. The summed E-state index contributed by atoms with van der Waals surface area (Å²) in [5.41, 5.74) is 7.04. The summed E-state index contributed by atoms with van der Waals surface area (Å²) in [4.78, 5) is 4.52. The van der Waals surface area contributed by atoms with Gasteiger partial charge in [-0.15, -0.1) is 5.54 Å². The van der Waals surface area contributed by atoms with Gasteiger partial charge in [0, 0.05) is 35.9 Å². The van der Waals surface area contributed by atoms with Gasteiger partial charge in [-0.1, -0.05) is 37.7 Å². The Labute approximate surface area is 201 Å². The molecular formula is C26H32N4O3Si. The van der Waals surface area contributed by atoms with E-state index in [1.54, 1.807) is 6.20 Å². The highest BCUT2D eigenvalue weighted by Gasteiger charge is 2.53. The van der Waals surface area contributed by atoms with Gasteiger partial charge in [-0.2, -0.15) is 9.61 Å². The Morgan fingerprint density at radius 3 is 2.74 bits per heavy atom. The molecule has 34 heavy (non-hydrogen) atoms. The van der Waals surface area contributed by atoms with Crippen LogP contribution in [0.4, 0.5) is 5.82 Å². The van der Waals surface area contributed by atoms with E-state index in [-0.39, 0.29) is 30.8 Å². The van der Waals surface area contributed by atoms with Crippen molar-refractivity contribution in [3.8, 4) is 22.7 Å². The SMILES string of the molecule is CC1(C)OC2C(CO)CC(Nc3ccnc4cc(-c5cccc(C#C[Si](C)(C)C)c5)nn34)C2O1. The first kappa shape index (κ1) is 23.1. The number of aliphatic hydroxyl groups is 1. The van der Waals surface area contributed by atoms with E-state index in [1.165, 1.54) is 0 Å². The van der Waals surface area contributed by atoms with Crippen molar-refractivity contribution in [2.24, 2.45) is 5.92 Å². The predicted molar refractivity (Wildman–Crippen MR) is 135 cm³/mol. The summed E-state index contributed by atoms with van der Waals surface area (Å²) >= 11 is 0. The third-order valence-corrected chi connectivity index (χ3v) is 7.12. The first-order valence-electron chi connectivity index (χ1n) is 11.8. The van der Waals surface area contributed by atoms with E-state index in [4.69, 9.17) is 14.6 Å². The molecule has 0 spiro atoms. The lowest BCUT2D eigenvalue weighted by atomic mass is 10.1. The van der Waals surface area contributed by atoms with Gasteiger partial charge >= 0.3 is 0 Å². The van der Waals surface area contributed by atoms with Crippen molar-refractivity contribution in [2.45, 2.75) is 63.9 Å². The summed E-state index contributed by atoms with van der Waals surface area (Å²) in [5.74, 6) is 3.55. The Kier molecular flexibility index (Phi) is 5.77. The van der Waals surface area contributed by atoms with E-state index in [0.29, 0.717) is 0 Å². The van der Waals surface area contributed by atoms with Crippen LogP contribution in [0.5, 0.6) is 0 Å². The number of rotatable bonds is 4. The van der Waals surface area contributed by atoms with Gasteiger partial charge in [0.25, 0.3) is 0 Å². The van der Waals surface area contributed by atoms with Crippen molar-refractivity contribution >= 4 is 19.5 Å². The number of anilines is 1. The largest absolute Gasteiger partial charge is 0.396 e. The molecule has 8 heteroatoms. The fourth-order valence-electron chi connectivity index (χ4n) is 4.76. The third kappa shape index (κ3) is 4.61. The predicted octanol–water partition coefficient (Wildman–Crippen LogP) is 3.94. The Hall–Kier alpha value is -2.70. The van der Waals surface area contributed by atoms with E-state index in [9.17, 15) is 5.11 Å². The molecule has 7 nitrogen and oxygen atoms in total. The second-order valence-corrected chi connectivity index (χ2v) is 15.5. The molecule has 0 amide bonds. The van der Waals surface area contributed by atoms with E-state index < -0.39 is 13.9 Å². The minimum Gasteiger partial charge on any atom is -0.396 e. The van der Waals surface area contributed by atoms with Gasteiger partial charge in [0.2, 0.25) is 0 Å². The molecule has 178 valence electrons. The molecule has 4 atom stereocenters. The first-order valence-corrected chi connectivity index (χ1v) is 15.3. The molecule has 1 aliphatic carbocycles. The molecule has 5 rings (SSSR count). The van der Waals surface area contributed by atoms with Crippen LogP contribution in [0.15, 0.2) is 42.6 Å². The molecule has 3 heterocycles. The number of aliphatic hydroxyl groups excluding tert-OH is 1. The number of hydrogen-bond donors (Lipinski definition) is 2. The molecular weight excluding hydrogens is 444 g/mol. The van der Waals surface area contributed by atoms with Crippen molar-refractivity contribution in [1.29, 1.82) is 0 Å². The van der Waals surface area contributed by atoms with Gasteiger partial charge in [-0.3, -0.25) is 0 Å². The Morgan fingerprint density at radius 2 is 1.97 bits per heavy atom. The lowest BCUT2D eigenvalue weighted by molar-refractivity contribution is -0.158. The number of aromatic nitrogens is 3. The first-order chi connectivity index (χ1) is 16.1. The van der Waals surface area contributed by atoms with Crippen LogP contribution in [0.2, 0.25) is 19.6 Å². The zero-order chi connectivity index (χ0) is 24.1. The van der Waals surface area contributed by atoms with E-state index in [1.807, 2.05) is 48.7 Å². The second kappa shape index (κ2) is 8.50. The van der Waals surface area contributed by atoms with Gasteiger partial charge in [-0.25, -0.2) is 4.98 Å². The monoisotopic (exact) mass is 476 g/mol. The molecule has 2 fully saturated rings. The minimum absolute atomic E-state index is 0.00217. The fraction of sp³-hybridized carbons (Fsp3) is 0.462. The van der Waals surface area contributed by atoms with Gasteiger partial charge < -0.3 is 19.9 Å². The van der Waals surface area contributed by atoms with Gasteiger partial charge in [0.05, 0.1) is 17.8 Å². The quantitative estimate of drug-likeness (QED) is 0.439. The summed E-state index contributed by atoms with van der Waals surface area (Å²) in [6.45, 7) is 10.6. The summed E-state index contributed by atoms with van der Waals surface area (Å²) in [7, 11) is -1.45. The topological polar surface area (TPSA) is 80.9 Å². The molecule has 1 saturated heterocycles. The highest BCUT2D eigenvalue weighted by molar-refractivity contribution is 6.83. The van der Waals surface area contributed by atoms with Crippen molar-refractivity contribution < 1.29 is 14.6 Å². The normalized spacial score (nSPS) is 25.7. The molecule has 0 radical (unpaired) electrons. The smallest absolute Gasteiger partial charge is 0.163 e. The molecule has 0 bridgehead atoms. The number of nitrogens with zero attached hydrogens (tertiary/aromatic N) is 3. The highest BCUT2D eigenvalue weighted by Crippen LogP contribution is 2.42. The van der Waals surface area contributed by atoms with Crippen LogP contribution in [0.1, 0.15) is 25.8 Å². The summed E-state index contributed by atoms with van der Waals surface area (Å²) in [5, 5.41) is 18.3. The molecule has 2 aromatic heterocycles. The van der Waals surface area contributed by atoms with E-state index >= 15 is 0 Å². The second-order valence-electron chi connectivity index (χ2n) is 10.7. The van der Waals surface area contributed by atoms with Crippen LogP contribution in [-0.4, -0.2) is 58.4 Å². The van der Waals surface area contributed by atoms with Crippen molar-refractivity contribution in [3.63, 3.8) is 0 Å². The highest BCUT2D eigenvalue weighted by atomic mass is 28.3. The molecule has 2 aliphatic rings. The van der Waals surface area contributed by atoms with Crippen LogP contribution < -0.4 is 5.32 Å². The van der Waals surface area contributed by atoms with Gasteiger partial charge in [-0.05, 0) is 38.5 Å². The van der Waals surface area contributed by atoms with Crippen LogP contribution in [0.3, 0.4) is 0 Å². The van der Waals surface area contributed by atoms with Crippen LogP contribution >= 0.6 is 0 Å². The molecule has 1 aliphatic heterocycles. The number of nitrogens with one attached hydrogen (secondary N) is 1. The minimum atomic E-state index is -1.45. The Morgan fingerprint density at radius 1 is 1.18 bits per heavy atom. The zero-order valence-corrected chi connectivity index (χ0v) is 21.4. The average Bonchev–Trinajstić information content (AvgIpc) is 3.44. The number of ether oxygens (including phenoxy) is 2. The maximum atomic E-state index is 9.88.